The van der Waals surface area contributed by atoms with E-state index in [1.807, 2.05) is 0 Å². The number of amides is 1. The Hall–Kier alpha value is -1.78. The summed E-state index contributed by atoms with van der Waals surface area (Å²) < 4.78 is 25.9. The fourth-order valence-electron chi connectivity index (χ4n) is 0.972. The Bertz CT molecular complexity index is 367. The predicted octanol–water partition coefficient (Wildman–Crippen LogP) is 1.14. The molecule has 0 atom stereocenters. The van der Waals surface area contributed by atoms with Gasteiger partial charge < -0.3 is 5.32 Å². The van der Waals surface area contributed by atoms with Crippen molar-refractivity contribution in [2.75, 3.05) is 7.05 Å². The standard InChI is InChI=1S/C9H7F2NO2/c1-12-9(14)5-2-7(10)6(4-13)8(11)3-5/h2-4H,1H3,(H,12,14). The number of benzene rings is 1. The maximum Gasteiger partial charge on any atom is 0.251 e. The smallest absolute Gasteiger partial charge is 0.251 e. The van der Waals surface area contributed by atoms with E-state index in [0.717, 1.165) is 12.1 Å². The van der Waals surface area contributed by atoms with E-state index in [1.165, 1.54) is 7.05 Å². The van der Waals surface area contributed by atoms with Crippen molar-refractivity contribution >= 4 is 12.2 Å². The normalized spacial score (nSPS) is 9.64. The highest BCUT2D eigenvalue weighted by Gasteiger charge is 2.13. The topological polar surface area (TPSA) is 46.2 Å². The van der Waals surface area contributed by atoms with E-state index in [-0.39, 0.29) is 11.8 Å². The van der Waals surface area contributed by atoms with Gasteiger partial charge in [0, 0.05) is 12.6 Å². The number of hydrogen-bond donors (Lipinski definition) is 1. The molecular formula is C9H7F2NO2. The van der Waals surface area contributed by atoms with Crippen molar-refractivity contribution in [3.8, 4) is 0 Å². The molecule has 1 aromatic rings. The van der Waals surface area contributed by atoms with Crippen molar-refractivity contribution in [1.29, 1.82) is 0 Å². The van der Waals surface area contributed by atoms with Gasteiger partial charge in [0.15, 0.2) is 6.29 Å². The van der Waals surface area contributed by atoms with Crippen molar-refractivity contribution in [2.24, 2.45) is 0 Å². The average molecular weight is 199 g/mol. The molecule has 0 heterocycles. The van der Waals surface area contributed by atoms with E-state index in [1.54, 1.807) is 0 Å². The Morgan fingerprint density at radius 2 is 1.86 bits per heavy atom. The molecule has 0 saturated carbocycles. The van der Waals surface area contributed by atoms with Crippen LogP contribution in [0.1, 0.15) is 20.7 Å². The number of aldehydes is 1. The molecule has 74 valence electrons. The summed E-state index contributed by atoms with van der Waals surface area (Å²) >= 11 is 0. The molecule has 0 aromatic heterocycles. The van der Waals surface area contributed by atoms with Gasteiger partial charge in [0.2, 0.25) is 0 Å². The second-order valence-corrected chi connectivity index (χ2v) is 2.55. The molecule has 0 aliphatic heterocycles. The van der Waals surface area contributed by atoms with Crippen LogP contribution in [-0.4, -0.2) is 19.2 Å². The quantitative estimate of drug-likeness (QED) is 0.726. The zero-order valence-corrected chi connectivity index (χ0v) is 7.30. The van der Waals surface area contributed by atoms with Gasteiger partial charge in [0.1, 0.15) is 11.6 Å². The molecule has 0 unspecified atom stereocenters. The third-order valence-corrected chi connectivity index (χ3v) is 1.69. The van der Waals surface area contributed by atoms with E-state index >= 15 is 0 Å². The Kier molecular flexibility index (Phi) is 2.91. The Labute approximate surface area is 78.7 Å². The summed E-state index contributed by atoms with van der Waals surface area (Å²) in [5, 5.41) is 2.21. The summed E-state index contributed by atoms with van der Waals surface area (Å²) in [6, 6.07) is 1.62. The molecule has 0 radical (unpaired) electrons. The first kappa shape index (κ1) is 10.3. The minimum absolute atomic E-state index is 0.0678. The van der Waals surface area contributed by atoms with Crippen LogP contribution in [0.15, 0.2) is 12.1 Å². The Morgan fingerprint density at radius 1 is 1.36 bits per heavy atom. The predicted molar refractivity (Wildman–Crippen MR) is 45.1 cm³/mol. The van der Waals surface area contributed by atoms with Gasteiger partial charge in [-0.25, -0.2) is 8.78 Å². The zero-order chi connectivity index (χ0) is 10.7. The lowest BCUT2D eigenvalue weighted by atomic mass is 10.1. The summed E-state index contributed by atoms with van der Waals surface area (Å²) in [6.07, 6.45) is 0.0678. The van der Waals surface area contributed by atoms with Crippen molar-refractivity contribution in [1.82, 2.24) is 5.32 Å². The van der Waals surface area contributed by atoms with Crippen molar-refractivity contribution < 1.29 is 18.4 Å². The van der Waals surface area contributed by atoms with E-state index in [4.69, 9.17) is 0 Å². The van der Waals surface area contributed by atoms with Crippen LogP contribution in [0.2, 0.25) is 0 Å². The number of nitrogens with one attached hydrogen (secondary N) is 1. The highest BCUT2D eigenvalue weighted by molar-refractivity contribution is 5.94. The summed E-state index contributed by atoms with van der Waals surface area (Å²) in [4.78, 5) is 21.2. The Balaban J connectivity index is 3.27. The van der Waals surface area contributed by atoms with Gasteiger partial charge in [-0.2, -0.15) is 0 Å². The molecule has 1 N–H and O–H groups in total. The number of hydrogen-bond acceptors (Lipinski definition) is 2. The van der Waals surface area contributed by atoms with Crippen LogP contribution in [0.25, 0.3) is 0 Å². The van der Waals surface area contributed by atoms with Crippen LogP contribution in [0, 0.1) is 11.6 Å². The molecule has 0 spiro atoms. The average Bonchev–Trinajstić information content (AvgIpc) is 2.16. The first-order chi connectivity index (χ1) is 6.60. The number of halogens is 2. The first-order valence-corrected chi connectivity index (χ1v) is 3.76. The summed E-state index contributed by atoms with van der Waals surface area (Å²) in [5.74, 6) is -2.70. The molecule has 0 saturated heterocycles. The largest absolute Gasteiger partial charge is 0.355 e. The zero-order valence-electron chi connectivity index (χ0n) is 7.30. The monoisotopic (exact) mass is 199 g/mol. The molecule has 0 aliphatic rings. The summed E-state index contributed by atoms with van der Waals surface area (Å²) in [7, 11) is 1.34. The van der Waals surface area contributed by atoms with Gasteiger partial charge in [-0.1, -0.05) is 0 Å². The highest BCUT2D eigenvalue weighted by atomic mass is 19.1. The van der Waals surface area contributed by atoms with Crippen molar-refractivity contribution in [3.05, 3.63) is 34.9 Å². The highest BCUT2D eigenvalue weighted by Crippen LogP contribution is 2.13. The van der Waals surface area contributed by atoms with E-state index in [0.29, 0.717) is 0 Å². The summed E-state index contributed by atoms with van der Waals surface area (Å²) in [6.45, 7) is 0. The first-order valence-electron chi connectivity index (χ1n) is 3.76. The fraction of sp³-hybridized carbons (Fsp3) is 0.111. The maximum absolute atomic E-state index is 13.0. The molecule has 1 amide bonds. The molecular weight excluding hydrogens is 192 g/mol. The van der Waals surface area contributed by atoms with Crippen LogP contribution in [0.3, 0.4) is 0 Å². The van der Waals surface area contributed by atoms with Gasteiger partial charge in [-0.3, -0.25) is 9.59 Å². The molecule has 5 heteroatoms. The third kappa shape index (κ3) is 1.76. The molecule has 3 nitrogen and oxygen atoms in total. The molecule has 14 heavy (non-hydrogen) atoms. The molecule has 1 aromatic carbocycles. The summed E-state index contributed by atoms with van der Waals surface area (Å²) in [5.41, 5.74) is -0.828. The van der Waals surface area contributed by atoms with Crippen LogP contribution in [0.4, 0.5) is 8.78 Å². The number of rotatable bonds is 2. The number of carbonyl (C=O) groups is 2. The lowest BCUT2D eigenvalue weighted by molar-refractivity contribution is 0.0961. The van der Waals surface area contributed by atoms with Gasteiger partial charge in [-0.05, 0) is 12.1 Å². The van der Waals surface area contributed by atoms with Gasteiger partial charge >= 0.3 is 0 Å². The second kappa shape index (κ2) is 3.95. The lowest BCUT2D eigenvalue weighted by Crippen LogP contribution is -2.18. The van der Waals surface area contributed by atoms with Crippen molar-refractivity contribution in [2.45, 2.75) is 0 Å². The lowest BCUT2D eigenvalue weighted by Gasteiger charge is -2.02. The van der Waals surface area contributed by atoms with Crippen molar-refractivity contribution in [3.63, 3.8) is 0 Å². The van der Waals surface area contributed by atoms with Gasteiger partial charge in [-0.15, -0.1) is 0 Å². The van der Waals surface area contributed by atoms with Gasteiger partial charge in [0.25, 0.3) is 5.91 Å². The van der Waals surface area contributed by atoms with E-state index in [9.17, 15) is 18.4 Å². The van der Waals surface area contributed by atoms with E-state index in [2.05, 4.69) is 5.32 Å². The van der Waals surface area contributed by atoms with Crippen LogP contribution < -0.4 is 5.32 Å². The fourth-order valence-corrected chi connectivity index (χ4v) is 0.972. The SMILES string of the molecule is CNC(=O)c1cc(F)c(C=O)c(F)c1. The Morgan fingerprint density at radius 3 is 2.21 bits per heavy atom. The minimum Gasteiger partial charge on any atom is -0.355 e. The number of carbonyl (C=O) groups excluding carboxylic acids is 2. The molecule has 1 rings (SSSR count). The maximum atomic E-state index is 13.0. The van der Waals surface area contributed by atoms with Crippen LogP contribution in [0.5, 0.6) is 0 Å². The molecule has 0 bridgehead atoms. The third-order valence-electron chi connectivity index (χ3n) is 1.69. The second-order valence-electron chi connectivity index (χ2n) is 2.55. The van der Waals surface area contributed by atoms with Crippen LogP contribution >= 0.6 is 0 Å². The minimum atomic E-state index is -1.04. The van der Waals surface area contributed by atoms with Gasteiger partial charge in [0.05, 0.1) is 5.56 Å². The van der Waals surface area contributed by atoms with Crippen LogP contribution in [-0.2, 0) is 0 Å². The van der Waals surface area contributed by atoms with E-state index < -0.39 is 23.1 Å². The molecule has 0 aliphatic carbocycles. The molecule has 0 fully saturated rings.